The molecule has 0 aromatic carbocycles. The molecule has 0 fully saturated rings. The van der Waals surface area contributed by atoms with E-state index in [2.05, 4.69) is 26.2 Å². The van der Waals surface area contributed by atoms with E-state index in [-0.39, 0.29) is 0 Å². The Kier molecular flexibility index (Phi) is 1.95. The van der Waals surface area contributed by atoms with Crippen molar-refractivity contribution < 1.29 is 4.52 Å². The highest BCUT2D eigenvalue weighted by Gasteiger charge is 1.98. The number of halogens is 1. The van der Waals surface area contributed by atoms with Gasteiger partial charge < -0.3 is 4.52 Å². The monoisotopic (exact) mass is 227 g/mol. The van der Waals surface area contributed by atoms with Gasteiger partial charge in [-0.25, -0.2) is 0 Å². The summed E-state index contributed by atoms with van der Waals surface area (Å²) in [4.78, 5) is 0. The van der Waals surface area contributed by atoms with E-state index in [0.717, 1.165) is 10.0 Å². The van der Waals surface area contributed by atoms with Gasteiger partial charge in [0.05, 0.1) is 23.4 Å². The zero-order chi connectivity index (χ0) is 8.39. The molecule has 2 aromatic rings. The topological polar surface area (TPSA) is 43.9 Å². The summed E-state index contributed by atoms with van der Waals surface area (Å²) in [6.07, 6.45) is 6.92. The molecular weight excluding hydrogens is 222 g/mol. The van der Waals surface area contributed by atoms with E-state index in [1.54, 1.807) is 23.3 Å². The molecule has 0 aliphatic rings. The molecule has 2 heterocycles. The first-order chi connectivity index (χ1) is 5.84. The van der Waals surface area contributed by atoms with Gasteiger partial charge in [0.25, 0.3) is 0 Å². The maximum absolute atomic E-state index is 4.69. The van der Waals surface area contributed by atoms with Gasteiger partial charge in [0.2, 0.25) is 0 Å². The fourth-order valence-corrected chi connectivity index (χ4v) is 1.24. The average Bonchev–Trinajstić information content (AvgIpc) is 2.63. The van der Waals surface area contributed by atoms with Gasteiger partial charge in [-0.3, -0.25) is 4.68 Å². The molecular formula is C7H6BrN3O. The Morgan fingerprint density at radius 1 is 1.50 bits per heavy atom. The quantitative estimate of drug-likeness (QED) is 0.785. The summed E-state index contributed by atoms with van der Waals surface area (Å²) in [6.45, 7) is 0.690. The van der Waals surface area contributed by atoms with Gasteiger partial charge in [-0.15, -0.1) is 0 Å². The second-order valence-electron chi connectivity index (χ2n) is 2.39. The Bertz CT molecular complexity index is 354. The zero-order valence-corrected chi connectivity index (χ0v) is 7.73. The van der Waals surface area contributed by atoms with Crippen molar-refractivity contribution in [1.29, 1.82) is 0 Å². The third-order valence-corrected chi connectivity index (χ3v) is 1.84. The van der Waals surface area contributed by atoms with E-state index < -0.39 is 0 Å². The van der Waals surface area contributed by atoms with E-state index in [4.69, 9.17) is 4.52 Å². The lowest BCUT2D eigenvalue weighted by atomic mass is 10.4. The lowest BCUT2D eigenvalue weighted by Crippen LogP contribution is -1.97. The molecule has 0 bridgehead atoms. The van der Waals surface area contributed by atoms with Crippen LogP contribution in [-0.4, -0.2) is 14.9 Å². The lowest BCUT2D eigenvalue weighted by Gasteiger charge is -1.94. The molecule has 0 unspecified atom stereocenters. The Balaban J connectivity index is 2.14. The first-order valence-corrected chi connectivity index (χ1v) is 4.20. The van der Waals surface area contributed by atoms with Gasteiger partial charge in [0, 0.05) is 11.8 Å². The van der Waals surface area contributed by atoms with E-state index in [1.165, 1.54) is 0 Å². The minimum Gasteiger partial charge on any atom is -0.364 e. The predicted molar refractivity (Wildman–Crippen MR) is 45.5 cm³/mol. The highest BCUT2D eigenvalue weighted by molar-refractivity contribution is 9.10. The maximum Gasteiger partial charge on any atom is 0.128 e. The predicted octanol–water partition coefficient (Wildman–Crippen LogP) is 1.68. The van der Waals surface area contributed by atoms with Crippen LogP contribution in [-0.2, 0) is 6.54 Å². The third-order valence-electron chi connectivity index (χ3n) is 1.43. The molecule has 4 nitrogen and oxygen atoms in total. The molecule has 12 heavy (non-hydrogen) atoms. The van der Waals surface area contributed by atoms with Crippen molar-refractivity contribution in [2.24, 2.45) is 0 Å². The Morgan fingerprint density at radius 2 is 2.42 bits per heavy atom. The summed E-state index contributed by atoms with van der Waals surface area (Å²) in [7, 11) is 0. The Hall–Kier alpha value is -1.10. The van der Waals surface area contributed by atoms with Crippen molar-refractivity contribution in [2.45, 2.75) is 6.54 Å². The van der Waals surface area contributed by atoms with Gasteiger partial charge >= 0.3 is 0 Å². The highest BCUT2D eigenvalue weighted by Crippen LogP contribution is 2.08. The Morgan fingerprint density at radius 3 is 3.00 bits per heavy atom. The smallest absolute Gasteiger partial charge is 0.128 e. The zero-order valence-electron chi connectivity index (χ0n) is 6.14. The van der Waals surface area contributed by atoms with Crippen molar-refractivity contribution in [3.63, 3.8) is 0 Å². The van der Waals surface area contributed by atoms with Crippen molar-refractivity contribution in [2.75, 3.05) is 0 Å². The molecule has 0 saturated carbocycles. The van der Waals surface area contributed by atoms with Gasteiger partial charge in [-0.05, 0) is 15.9 Å². The molecule has 0 atom stereocenters. The fourth-order valence-electron chi connectivity index (χ4n) is 0.917. The second kappa shape index (κ2) is 3.10. The molecule has 2 rings (SSSR count). The van der Waals surface area contributed by atoms with Crippen LogP contribution < -0.4 is 0 Å². The summed E-state index contributed by atoms with van der Waals surface area (Å²) in [5.41, 5.74) is 1.01. The highest BCUT2D eigenvalue weighted by atomic mass is 79.9. The van der Waals surface area contributed by atoms with E-state index in [9.17, 15) is 0 Å². The molecule has 0 spiro atoms. The van der Waals surface area contributed by atoms with Crippen molar-refractivity contribution in [1.82, 2.24) is 14.9 Å². The van der Waals surface area contributed by atoms with Crippen LogP contribution >= 0.6 is 15.9 Å². The SMILES string of the molecule is Brc1cnn(Cc2cnoc2)c1. The molecule has 0 saturated heterocycles. The lowest BCUT2D eigenvalue weighted by molar-refractivity contribution is 0.418. The fraction of sp³-hybridized carbons (Fsp3) is 0.143. The largest absolute Gasteiger partial charge is 0.364 e. The normalized spacial score (nSPS) is 10.4. The molecule has 0 aliphatic heterocycles. The molecule has 0 N–H and O–H groups in total. The van der Waals surface area contributed by atoms with Crippen LogP contribution in [0.15, 0.2) is 33.8 Å². The number of rotatable bonds is 2. The molecule has 0 radical (unpaired) electrons. The number of nitrogens with zero attached hydrogens (tertiary/aromatic N) is 3. The van der Waals surface area contributed by atoms with Crippen LogP contribution in [0, 0.1) is 0 Å². The van der Waals surface area contributed by atoms with Crippen LogP contribution in [0.1, 0.15) is 5.56 Å². The summed E-state index contributed by atoms with van der Waals surface area (Å²) >= 11 is 3.31. The molecule has 0 aliphatic carbocycles. The molecule has 62 valence electrons. The first-order valence-electron chi connectivity index (χ1n) is 3.41. The minimum absolute atomic E-state index is 0.690. The number of aromatic nitrogens is 3. The standard InChI is InChI=1S/C7H6BrN3O/c8-7-2-9-11(4-7)3-6-1-10-12-5-6/h1-2,4-5H,3H2. The van der Waals surface area contributed by atoms with E-state index in [1.807, 2.05) is 6.20 Å². The van der Waals surface area contributed by atoms with Crippen molar-refractivity contribution >= 4 is 15.9 Å². The first kappa shape index (κ1) is 7.54. The van der Waals surface area contributed by atoms with E-state index in [0.29, 0.717) is 6.54 Å². The van der Waals surface area contributed by atoms with Gasteiger partial charge in [-0.2, -0.15) is 5.10 Å². The van der Waals surface area contributed by atoms with Gasteiger partial charge in [-0.1, -0.05) is 5.16 Å². The van der Waals surface area contributed by atoms with E-state index >= 15 is 0 Å². The molecule has 2 aromatic heterocycles. The third kappa shape index (κ3) is 1.55. The van der Waals surface area contributed by atoms with Crippen molar-refractivity contribution in [3.8, 4) is 0 Å². The Labute approximate surface area is 77.3 Å². The summed E-state index contributed by atoms with van der Waals surface area (Å²) in [5.74, 6) is 0. The minimum atomic E-state index is 0.690. The summed E-state index contributed by atoms with van der Waals surface area (Å²) in [5, 5.41) is 7.69. The van der Waals surface area contributed by atoms with Crippen LogP contribution in [0.4, 0.5) is 0 Å². The second-order valence-corrected chi connectivity index (χ2v) is 3.30. The molecule has 5 heteroatoms. The van der Waals surface area contributed by atoms with Crippen molar-refractivity contribution in [3.05, 3.63) is 34.9 Å². The number of hydrogen-bond acceptors (Lipinski definition) is 3. The van der Waals surface area contributed by atoms with Crippen LogP contribution in [0.3, 0.4) is 0 Å². The van der Waals surface area contributed by atoms with Crippen LogP contribution in [0.25, 0.3) is 0 Å². The van der Waals surface area contributed by atoms with Gasteiger partial charge in [0.15, 0.2) is 0 Å². The summed E-state index contributed by atoms with van der Waals surface area (Å²) in [6, 6.07) is 0. The number of hydrogen-bond donors (Lipinski definition) is 0. The maximum atomic E-state index is 4.69. The summed E-state index contributed by atoms with van der Waals surface area (Å²) < 4.78 is 7.46. The van der Waals surface area contributed by atoms with Crippen LogP contribution in [0.5, 0.6) is 0 Å². The average molecular weight is 228 g/mol. The van der Waals surface area contributed by atoms with Gasteiger partial charge in [0.1, 0.15) is 6.26 Å². The van der Waals surface area contributed by atoms with Crippen LogP contribution in [0.2, 0.25) is 0 Å². The molecule has 0 amide bonds.